The van der Waals surface area contributed by atoms with E-state index in [4.69, 9.17) is 0 Å². The number of rotatable bonds is 6. The summed E-state index contributed by atoms with van der Waals surface area (Å²) in [5.41, 5.74) is 0. The molecule has 0 aliphatic heterocycles. The van der Waals surface area contributed by atoms with Gasteiger partial charge in [-0.15, -0.1) is 10.2 Å². The molecule has 1 heterocycles. The van der Waals surface area contributed by atoms with Crippen LogP contribution in [0.25, 0.3) is 0 Å². The number of carbonyl (C=O) groups excluding carboxylic acids is 1. The molecule has 1 aromatic rings. The molecule has 0 aliphatic carbocycles. The smallest absolute Gasteiger partial charge is 0.360 e. The van der Waals surface area contributed by atoms with Crippen molar-refractivity contribution in [1.82, 2.24) is 15.1 Å². The molecule has 1 amide bonds. The van der Waals surface area contributed by atoms with Gasteiger partial charge in [-0.05, 0) is 13.8 Å². The van der Waals surface area contributed by atoms with Gasteiger partial charge in [-0.25, -0.2) is 0 Å². The molecule has 108 valence electrons. The average Bonchev–Trinajstić information content (AvgIpc) is 2.79. The molecule has 1 aromatic heterocycles. The maximum atomic E-state index is 12.3. The number of aromatic nitrogens is 2. The Hall–Kier alpha value is -1.38. The molecule has 0 saturated heterocycles. The van der Waals surface area contributed by atoms with Crippen molar-refractivity contribution in [3.05, 3.63) is 5.01 Å². The van der Waals surface area contributed by atoms with E-state index in [2.05, 4.69) is 15.5 Å². The van der Waals surface area contributed by atoms with Crippen LogP contribution in [0.1, 0.15) is 25.3 Å². The lowest BCUT2D eigenvalue weighted by Crippen LogP contribution is -2.31. The Bertz CT molecular complexity index is 417. The van der Waals surface area contributed by atoms with Crippen molar-refractivity contribution in [3.8, 4) is 0 Å². The zero-order chi connectivity index (χ0) is 14.5. The molecule has 0 fully saturated rings. The molecule has 0 unspecified atom stereocenters. The highest BCUT2D eigenvalue weighted by Crippen LogP contribution is 2.32. The van der Waals surface area contributed by atoms with Gasteiger partial charge in [0.25, 0.3) is 0 Å². The highest BCUT2D eigenvalue weighted by atomic mass is 32.1. The molecule has 9 heteroatoms. The first-order valence-corrected chi connectivity index (χ1v) is 6.62. The summed E-state index contributed by atoms with van der Waals surface area (Å²) in [4.78, 5) is 13.3. The minimum absolute atomic E-state index is 0.0435. The fourth-order valence-corrected chi connectivity index (χ4v) is 2.06. The second kappa shape index (κ2) is 6.69. The summed E-state index contributed by atoms with van der Waals surface area (Å²) >= 11 is 0.428. The van der Waals surface area contributed by atoms with Crippen molar-refractivity contribution >= 4 is 22.4 Å². The number of alkyl halides is 3. The first kappa shape index (κ1) is 15.7. The Morgan fingerprint density at radius 1 is 1.32 bits per heavy atom. The van der Waals surface area contributed by atoms with Gasteiger partial charge in [0, 0.05) is 26.1 Å². The summed E-state index contributed by atoms with van der Waals surface area (Å²) in [5, 5.41) is 8.16. The molecule has 1 rings (SSSR count). The van der Waals surface area contributed by atoms with E-state index in [1.807, 2.05) is 13.8 Å². The number of hydrogen-bond acceptors (Lipinski definition) is 5. The van der Waals surface area contributed by atoms with Crippen LogP contribution in [0.3, 0.4) is 0 Å². The van der Waals surface area contributed by atoms with E-state index in [0.717, 1.165) is 0 Å². The van der Waals surface area contributed by atoms with Crippen LogP contribution in [-0.4, -0.2) is 40.6 Å². The topological polar surface area (TPSA) is 58.1 Å². The number of amides is 1. The lowest BCUT2D eigenvalue weighted by Gasteiger charge is -2.18. The molecule has 0 bridgehead atoms. The van der Waals surface area contributed by atoms with Crippen LogP contribution >= 0.6 is 11.3 Å². The van der Waals surface area contributed by atoms with Crippen molar-refractivity contribution in [2.24, 2.45) is 0 Å². The van der Waals surface area contributed by atoms with Gasteiger partial charge in [0.1, 0.15) is 0 Å². The molecule has 0 aliphatic rings. The quantitative estimate of drug-likeness (QED) is 0.874. The number of nitrogens with one attached hydrogen (secondary N) is 1. The van der Waals surface area contributed by atoms with Gasteiger partial charge in [0.15, 0.2) is 0 Å². The number of hydrogen-bond donors (Lipinski definition) is 1. The SMILES string of the molecule is CCN(CC)C(=O)CCNc1nnc(C(F)(F)F)s1. The summed E-state index contributed by atoms with van der Waals surface area (Å²) < 4.78 is 36.8. The second-order valence-electron chi connectivity index (χ2n) is 3.65. The third-order valence-electron chi connectivity index (χ3n) is 2.40. The van der Waals surface area contributed by atoms with Crippen LogP contribution in [0.4, 0.5) is 18.3 Å². The van der Waals surface area contributed by atoms with E-state index in [9.17, 15) is 18.0 Å². The van der Waals surface area contributed by atoms with Crippen LogP contribution in [0.2, 0.25) is 0 Å². The predicted octanol–water partition coefficient (Wildman–Crippen LogP) is 2.23. The Morgan fingerprint density at radius 2 is 1.95 bits per heavy atom. The fraction of sp³-hybridized carbons (Fsp3) is 0.700. The third kappa shape index (κ3) is 4.66. The number of carbonyl (C=O) groups is 1. The summed E-state index contributed by atoms with van der Waals surface area (Å²) in [6, 6.07) is 0. The first-order chi connectivity index (χ1) is 8.88. The molecule has 19 heavy (non-hydrogen) atoms. The van der Waals surface area contributed by atoms with E-state index in [-0.39, 0.29) is 24.0 Å². The van der Waals surface area contributed by atoms with Crippen molar-refractivity contribution in [3.63, 3.8) is 0 Å². The zero-order valence-electron chi connectivity index (χ0n) is 10.6. The van der Waals surface area contributed by atoms with Gasteiger partial charge < -0.3 is 10.2 Å². The lowest BCUT2D eigenvalue weighted by molar-refractivity contribution is -0.138. The molecule has 0 atom stereocenters. The normalized spacial score (nSPS) is 11.4. The van der Waals surface area contributed by atoms with E-state index in [1.54, 1.807) is 4.90 Å². The average molecular weight is 296 g/mol. The van der Waals surface area contributed by atoms with Gasteiger partial charge in [0.05, 0.1) is 0 Å². The van der Waals surface area contributed by atoms with Crippen LogP contribution in [0.15, 0.2) is 0 Å². The molecule has 0 saturated carbocycles. The molecule has 1 N–H and O–H groups in total. The van der Waals surface area contributed by atoms with Crippen LogP contribution < -0.4 is 5.32 Å². The summed E-state index contributed by atoms with van der Waals surface area (Å²) in [5.74, 6) is -0.0435. The fourth-order valence-electron chi connectivity index (χ4n) is 1.42. The van der Waals surface area contributed by atoms with Crippen molar-refractivity contribution in [1.29, 1.82) is 0 Å². The van der Waals surface area contributed by atoms with Gasteiger partial charge in [-0.1, -0.05) is 11.3 Å². The minimum Gasteiger partial charge on any atom is -0.360 e. The standard InChI is InChI=1S/C10H15F3N4OS/c1-3-17(4-2)7(18)5-6-14-9-16-15-8(19-9)10(11,12)13/h3-6H2,1-2H3,(H,14,16). The Labute approximate surface area is 112 Å². The monoisotopic (exact) mass is 296 g/mol. The molecule has 5 nitrogen and oxygen atoms in total. The minimum atomic E-state index is -4.48. The Kier molecular flexibility index (Phi) is 5.52. The summed E-state index contributed by atoms with van der Waals surface area (Å²) in [6.07, 6.45) is -4.27. The summed E-state index contributed by atoms with van der Waals surface area (Å²) in [7, 11) is 0. The van der Waals surface area contributed by atoms with Gasteiger partial charge in [-0.2, -0.15) is 13.2 Å². The van der Waals surface area contributed by atoms with Gasteiger partial charge in [-0.3, -0.25) is 4.79 Å². The molecule has 0 radical (unpaired) electrons. The highest BCUT2D eigenvalue weighted by Gasteiger charge is 2.35. The van der Waals surface area contributed by atoms with E-state index >= 15 is 0 Å². The molecular weight excluding hydrogens is 281 g/mol. The largest absolute Gasteiger partial charge is 0.445 e. The molecule has 0 aromatic carbocycles. The van der Waals surface area contributed by atoms with Crippen molar-refractivity contribution in [2.75, 3.05) is 25.0 Å². The Balaban J connectivity index is 2.41. The second-order valence-corrected chi connectivity index (χ2v) is 4.63. The summed E-state index contributed by atoms with van der Waals surface area (Å²) in [6.45, 7) is 5.21. The van der Waals surface area contributed by atoms with Gasteiger partial charge >= 0.3 is 6.18 Å². The number of nitrogens with zero attached hydrogens (tertiary/aromatic N) is 3. The van der Waals surface area contributed by atoms with Crippen LogP contribution in [0, 0.1) is 0 Å². The lowest BCUT2D eigenvalue weighted by atomic mass is 10.3. The maximum absolute atomic E-state index is 12.3. The highest BCUT2D eigenvalue weighted by molar-refractivity contribution is 7.15. The Morgan fingerprint density at radius 3 is 2.42 bits per heavy atom. The maximum Gasteiger partial charge on any atom is 0.445 e. The zero-order valence-corrected chi connectivity index (χ0v) is 11.4. The number of anilines is 1. The van der Waals surface area contributed by atoms with Gasteiger partial charge in [0.2, 0.25) is 16.0 Å². The van der Waals surface area contributed by atoms with Crippen LogP contribution in [-0.2, 0) is 11.0 Å². The number of halogens is 3. The van der Waals surface area contributed by atoms with E-state index < -0.39 is 11.2 Å². The first-order valence-electron chi connectivity index (χ1n) is 5.80. The molecule has 0 spiro atoms. The van der Waals surface area contributed by atoms with Crippen molar-refractivity contribution < 1.29 is 18.0 Å². The predicted molar refractivity (Wildman–Crippen MR) is 65.9 cm³/mol. The van der Waals surface area contributed by atoms with E-state index in [0.29, 0.717) is 24.4 Å². The molecular formula is C10H15F3N4OS. The van der Waals surface area contributed by atoms with Crippen molar-refractivity contribution in [2.45, 2.75) is 26.4 Å². The third-order valence-corrected chi connectivity index (χ3v) is 3.32. The van der Waals surface area contributed by atoms with E-state index in [1.165, 1.54) is 0 Å². The van der Waals surface area contributed by atoms with Crippen LogP contribution in [0.5, 0.6) is 0 Å².